The van der Waals surface area contributed by atoms with Crippen molar-refractivity contribution in [1.29, 1.82) is 0 Å². The molecule has 0 aromatic carbocycles. The summed E-state index contributed by atoms with van der Waals surface area (Å²) in [6.07, 6.45) is 7.12. The molecule has 1 aromatic rings. The van der Waals surface area contributed by atoms with Gasteiger partial charge in [0.15, 0.2) is 4.77 Å². The van der Waals surface area contributed by atoms with E-state index in [0.29, 0.717) is 30.1 Å². The zero-order chi connectivity index (χ0) is 17.4. The first kappa shape index (κ1) is 18.6. The molecule has 0 saturated heterocycles. The van der Waals surface area contributed by atoms with Gasteiger partial charge in [-0.25, -0.2) is 0 Å². The van der Waals surface area contributed by atoms with Gasteiger partial charge in [0, 0.05) is 25.9 Å². The van der Waals surface area contributed by atoms with Gasteiger partial charge in [-0.1, -0.05) is 19.3 Å². The summed E-state index contributed by atoms with van der Waals surface area (Å²) in [5, 5.41) is 12.4. The Morgan fingerprint density at radius 3 is 2.71 bits per heavy atom. The Bertz CT molecular complexity index is 604. The summed E-state index contributed by atoms with van der Waals surface area (Å²) in [7, 11) is 0. The Labute approximate surface area is 147 Å². The molecule has 8 heteroatoms. The molecule has 7 nitrogen and oxygen atoms in total. The van der Waals surface area contributed by atoms with Crippen molar-refractivity contribution in [3.63, 3.8) is 0 Å². The van der Waals surface area contributed by atoms with Gasteiger partial charge in [0.05, 0.1) is 6.54 Å². The fraction of sp³-hybridized carbons (Fsp3) is 0.750. The first-order chi connectivity index (χ1) is 11.6. The fourth-order valence-electron chi connectivity index (χ4n) is 3.15. The summed E-state index contributed by atoms with van der Waals surface area (Å²) < 4.78 is 2.49. The van der Waals surface area contributed by atoms with E-state index in [2.05, 4.69) is 20.8 Å². The zero-order valence-corrected chi connectivity index (χ0v) is 15.1. The Balaban J connectivity index is 1.62. The van der Waals surface area contributed by atoms with E-state index in [1.54, 1.807) is 0 Å². The molecule has 0 spiro atoms. The van der Waals surface area contributed by atoms with Crippen LogP contribution in [0.15, 0.2) is 0 Å². The molecule has 0 radical (unpaired) electrons. The van der Waals surface area contributed by atoms with Gasteiger partial charge >= 0.3 is 0 Å². The molecule has 0 aliphatic heterocycles. The Morgan fingerprint density at radius 1 is 1.25 bits per heavy atom. The molecule has 24 heavy (non-hydrogen) atoms. The van der Waals surface area contributed by atoms with Crippen molar-refractivity contribution in [2.24, 2.45) is 5.92 Å². The monoisotopic (exact) mass is 353 g/mol. The minimum absolute atomic E-state index is 0.0241. The van der Waals surface area contributed by atoms with Crippen molar-refractivity contribution in [3.05, 3.63) is 10.6 Å². The number of nitrogens with zero attached hydrogens (tertiary/aromatic N) is 2. The van der Waals surface area contributed by atoms with Gasteiger partial charge in [-0.3, -0.25) is 14.7 Å². The van der Waals surface area contributed by atoms with Crippen LogP contribution in [0.1, 0.15) is 51.3 Å². The minimum Gasteiger partial charge on any atom is -0.354 e. The van der Waals surface area contributed by atoms with Crippen LogP contribution in [0.2, 0.25) is 0 Å². The molecular weight excluding hydrogens is 326 g/mol. The summed E-state index contributed by atoms with van der Waals surface area (Å²) in [4.78, 5) is 23.7. The highest BCUT2D eigenvalue weighted by molar-refractivity contribution is 7.71. The molecule has 1 saturated carbocycles. The standard InChI is InChI=1S/C16H27N5O2S/c1-2-21-13(19-20-16(21)24)8-9-17-15(23)11-18-14(22)10-12-6-4-3-5-7-12/h12H,2-11H2,1H3,(H,17,23)(H,18,22)(H,20,24). The van der Waals surface area contributed by atoms with E-state index in [4.69, 9.17) is 12.2 Å². The van der Waals surface area contributed by atoms with Crippen LogP contribution >= 0.6 is 12.2 Å². The molecule has 1 heterocycles. The molecule has 0 atom stereocenters. The Morgan fingerprint density at radius 2 is 2.00 bits per heavy atom. The van der Waals surface area contributed by atoms with E-state index in [9.17, 15) is 9.59 Å². The summed E-state index contributed by atoms with van der Waals surface area (Å²) in [6.45, 7) is 3.24. The summed E-state index contributed by atoms with van der Waals surface area (Å²) in [6, 6.07) is 0. The highest BCUT2D eigenvalue weighted by Crippen LogP contribution is 2.25. The smallest absolute Gasteiger partial charge is 0.239 e. The number of carbonyl (C=O) groups is 2. The van der Waals surface area contributed by atoms with Crippen LogP contribution < -0.4 is 10.6 Å². The predicted octanol–water partition coefficient (Wildman–Crippen LogP) is 1.71. The van der Waals surface area contributed by atoms with E-state index in [1.807, 2.05) is 11.5 Å². The van der Waals surface area contributed by atoms with Crippen LogP contribution in [-0.2, 0) is 22.6 Å². The second kappa shape index (κ2) is 9.56. The largest absolute Gasteiger partial charge is 0.354 e. The molecular formula is C16H27N5O2S. The van der Waals surface area contributed by atoms with Gasteiger partial charge in [-0.15, -0.1) is 0 Å². The van der Waals surface area contributed by atoms with E-state index in [-0.39, 0.29) is 18.4 Å². The lowest BCUT2D eigenvalue weighted by molar-refractivity contribution is -0.126. The summed E-state index contributed by atoms with van der Waals surface area (Å²) in [5.74, 6) is 1.11. The number of aromatic nitrogens is 3. The van der Waals surface area contributed by atoms with Crippen molar-refractivity contribution in [2.45, 2.75) is 58.4 Å². The Hall–Kier alpha value is -1.70. The molecule has 1 aliphatic carbocycles. The first-order valence-corrected chi connectivity index (χ1v) is 9.18. The van der Waals surface area contributed by atoms with Crippen LogP contribution in [0, 0.1) is 10.7 Å². The maximum atomic E-state index is 11.9. The maximum absolute atomic E-state index is 11.9. The second-order valence-corrected chi connectivity index (χ2v) is 6.66. The van der Waals surface area contributed by atoms with Crippen molar-refractivity contribution in [1.82, 2.24) is 25.4 Å². The van der Waals surface area contributed by atoms with Crippen LogP contribution in [0.3, 0.4) is 0 Å². The third kappa shape index (κ3) is 5.74. The fourth-order valence-corrected chi connectivity index (χ4v) is 3.43. The first-order valence-electron chi connectivity index (χ1n) is 8.77. The Kier molecular flexibility index (Phi) is 7.42. The summed E-state index contributed by atoms with van der Waals surface area (Å²) >= 11 is 5.12. The van der Waals surface area contributed by atoms with Crippen LogP contribution in [0.5, 0.6) is 0 Å². The quantitative estimate of drug-likeness (QED) is 0.620. The normalized spacial score (nSPS) is 15.2. The van der Waals surface area contributed by atoms with Gasteiger partial charge in [-0.05, 0) is 37.9 Å². The third-order valence-electron chi connectivity index (χ3n) is 4.47. The number of H-pyrrole nitrogens is 1. The lowest BCUT2D eigenvalue weighted by Crippen LogP contribution is -2.38. The lowest BCUT2D eigenvalue weighted by atomic mass is 9.87. The highest BCUT2D eigenvalue weighted by Gasteiger charge is 2.17. The third-order valence-corrected chi connectivity index (χ3v) is 4.78. The maximum Gasteiger partial charge on any atom is 0.239 e. The molecule has 3 N–H and O–H groups in total. The number of hydrogen-bond donors (Lipinski definition) is 3. The van der Waals surface area contributed by atoms with Crippen LogP contribution in [0.25, 0.3) is 0 Å². The molecule has 134 valence electrons. The number of aromatic amines is 1. The summed E-state index contributed by atoms with van der Waals surface area (Å²) in [5.41, 5.74) is 0. The average Bonchev–Trinajstić information content (AvgIpc) is 2.94. The van der Waals surface area contributed by atoms with E-state index >= 15 is 0 Å². The van der Waals surface area contributed by atoms with Crippen molar-refractivity contribution >= 4 is 24.0 Å². The lowest BCUT2D eigenvalue weighted by Gasteiger charge is -2.20. The van der Waals surface area contributed by atoms with Crippen molar-refractivity contribution in [2.75, 3.05) is 13.1 Å². The van der Waals surface area contributed by atoms with E-state index in [1.165, 1.54) is 19.3 Å². The SMILES string of the molecule is CCn1c(CCNC(=O)CNC(=O)CC2CCCCC2)n[nH]c1=S. The van der Waals surface area contributed by atoms with Gasteiger partial charge in [0.25, 0.3) is 0 Å². The van der Waals surface area contributed by atoms with Gasteiger partial charge in [-0.2, -0.15) is 5.10 Å². The average molecular weight is 353 g/mol. The number of hydrogen-bond acceptors (Lipinski definition) is 4. The molecule has 1 aromatic heterocycles. The van der Waals surface area contributed by atoms with Crippen molar-refractivity contribution < 1.29 is 9.59 Å². The van der Waals surface area contributed by atoms with Crippen LogP contribution in [0.4, 0.5) is 0 Å². The van der Waals surface area contributed by atoms with Gasteiger partial charge in [0.1, 0.15) is 5.82 Å². The molecule has 0 unspecified atom stereocenters. The topological polar surface area (TPSA) is 91.8 Å². The molecule has 1 aliphatic rings. The van der Waals surface area contributed by atoms with E-state index < -0.39 is 0 Å². The number of carbonyl (C=O) groups excluding carboxylic acids is 2. The van der Waals surface area contributed by atoms with E-state index in [0.717, 1.165) is 25.2 Å². The molecule has 0 bridgehead atoms. The minimum atomic E-state index is -0.177. The predicted molar refractivity (Wildman–Crippen MR) is 94.0 cm³/mol. The zero-order valence-electron chi connectivity index (χ0n) is 14.3. The van der Waals surface area contributed by atoms with Gasteiger partial charge in [0.2, 0.25) is 11.8 Å². The number of rotatable bonds is 8. The molecule has 1 fully saturated rings. The molecule has 2 rings (SSSR count). The molecule has 2 amide bonds. The van der Waals surface area contributed by atoms with Crippen molar-refractivity contribution in [3.8, 4) is 0 Å². The number of amides is 2. The second-order valence-electron chi connectivity index (χ2n) is 6.27. The highest BCUT2D eigenvalue weighted by atomic mass is 32.1. The number of nitrogens with one attached hydrogen (secondary N) is 3. The van der Waals surface area contributed by atoms with Crippen LogP contribution in [-0.4, -0.2) is 39.7 Å². The van der Waals surface area contributed by atoms with Gasteiger partial charge < -0.3 is 15.2 Å².